The average molecular weight is 1040 g/mol. The highest BCUT2D eigenvalue weighted by Gasteiger charge is 2.20. The van der Waals surface area contributed by atoms with Gasteiger partial charge in [-0.2, -0.15) is 0 Å². The van der Waals surface area contributed by atoms with Crippen LogP contribution in [0.2, 0.25) is 0 Å². The van der Waals surface area contributed by atoms with E-state index < -0.39 is 12.1 Å². The van der Waals surface area contributed by atoms with Crippen molar-refractivity contribution in [2.75, 3.05) is 13.2 Å². The minimum atomic E-state index is -0.665. The molecule has 1 amide bonds. The lowest BCUT2D eigenvalue weighted by Crippen LogP contribution is -2.45. The number of aliphatic hydroxyl groups excluding tert-OH is 2. The van der Waals surface area contributed by atoms with E-state index in [2.05, 4.69) is 67.8 Å². The molecule has 0 radical (unpaired) electrons. The quantitative estimate of drug-likeness (QED) is 0.0320. The van der Waals surface area contributed by atoms with Gasteiger partial charge in [-0.1, -0.05) is 300 Å². The van der Waals surface area contributed by atoms with Gasteiger partial charge in [-0.3, -0.25) is 9.59 Å². The van der Waals surface area contributed by atoms with Crippen LogP contribution in [0.25, 0.3) is 0 Å². The third-order valence-corrected chi connectivity index (χ3v) is 15.1. The van der Waals surface area contributed by atoms with Crippen molar-refractivity contribution in [1.82, 2.24) is 5.32 Å². The molecule has 0 aromatic heterocycles. The van der Waals surface area contributed by atoms with E-state index in [1.54, 1.807) is 0 Å². The van der Waals surface area contributed by atoms with Gasteiger partial charge in [0.25, 0.3) is 0 Å². The molecule has 0 saturated heterocycles. The predicted molar refractivity (Wildman–Crippen MR) is 324 cm³/mol. The molecule has 0 aliphatic rings. The SMILES string of the molecule is CCC/C=C\C/C=C\CCCCCCCC(=O)OCCCCCCCCCCC/C=C\C/C=C\CCCCCCCCCCCCCCCC(=O)NC(CO)C(O)CCCCCCCCCCCCCCCCC. The van der Waals surface area contributed by atoms with Gasteiger partial charge in [0.15, 0.2) is 0 Å². The summed E-state index contributed by atoms with van der Waals surface area (Å²) in [6, 6.07) is -0.543. The molecular formula is C68H127NO5. The van der Waals surface area contributed by atoms with Gasteiger partial charge in [0.05, 0.1) is 25.4 Å². The third-order valence-electron chi connectivity index (χ3n) is 15.1. The summed E-state index contributed by atoms with van der Waals surface area (Å²) in [6.45, 7) is 4.89. The molecule has 0 bridgehead atoms. The Morgan fingerprint density at radius 1 is 0.378 bits per heavy atom. The second-order valence-electron chi connectivity index (χ2n) is 22.4. The van der Waals surface area contributed by atoms with Crippen LogP contribution in [0.5, 0.6) is 0 Å². The zero-order valence-corrected chi connectivity index (χ0v) is 49.6. The van der Waals surface area contributed by atoms with Crippen LogP contribution in [-0.2, 0) is 14.3 Å². The number of hydrogen-bond acceptors (Lipinski definition) is 5. The molecule has 0 aromatic rings. The molecule has 0 aromatic carbocycles. The maximum Gasteiger partial charge on any atom is 0.305 e. The number of carbonyl (C=O) groups is 2. The van der Waals surface area contributed by atoms with Crippen molar-refractivity contribution in [3.8, 4) is 0 Å². The first-order valence-corrected chi connectivity index (χ1v) is 32.9. The molecule has 0 aliphatic heterocycles. The molecule has 434 valence electrons. The van der Waals surface area contributed by atoms with Gasteiger partial charge >= 0.3 is 5.97 Å². The molecule has 0 heterocycles. The number of esters is 1. The Morgan fingerprint density at radius 2 is 0.703 bits per heavy atom. The highest BCUT2D eigenvalue weighted by atomic mass is 16.5. The summed E-state index contributed by atoms with van der Waals surface area (Å²) in [6.07, 6.45) is 81.4. The monoisotopic (exact) mass is 1040 g/mol. The fraction of sp³-hybridized carbons (Fsp3) is 0.853. The molecule has 2 atom stereocenters. The van der Waals surface area contributed by atoms with Crippen molar-refractivity contribution in [2.24, 2.45) is 0 Å². The number of unbranched alkanes of at least 4 members (excludes halogenated alkanes) is 42. The zero-order valence-electron chi connectivity index (χ0n) is 49.6. The number of hydrogen-bond donors (Lipinski definition) is 3. The van der Waals surface area contributed by atoms with Gasteiger partial charge < -0.3 is 20.3 Å². The number of amides is 1. The summed E-state index contributed by atoms with van der Waals surface area (Å²) in [5, 5.41) is 23.3. The fourth-order valence-corrected chi connectivity index (χ4v) is 10.1. The minimum absolute atomic E-state index is 0.00356. The largest absolute Gasteiger partial charge is 0.466 e. The number of aliphatic hydroxyl groups is 2. The van der Waals surface area contributed by atoms with E-state index in [4.69, 9.17) is 4.74 Å². The lowest BCUT2D eigenvalue weighted by atomic mass is 10.0. The summed E-state index contributed by atoms with van der Waals surface area (Å²) in [5.74, 6) is -0.0381. The van der Waals surface area contributed by atoms with Crippen molar-refractivity contribution in [1.29, 1.82) is 0 Å². The van der Waals surface area contributed by atoms with Crippen LogP contribution in [0.4, 0.5) is 0 Å². The first-order chi connectivity index (χ1) is 36.5. The van der Waals surface area contributed by atoms with Gasteiger partial charge in [0, 0.05) is 12.8 Å². The van der Waals surface area contributed by atoms with E-state index in [0.717, 1.165) is 57.8 Å². The normalized spacial score (nSPS) is 12.9. The summed E-state index contributed by atoms with van der Waals surface area (Å²) in [7, 11) is 0. The molecular weight excluding hydrogens is 911 g/mol. The van der Waals surface area contributed by atoms with E-state index >= 15 is 0 Å². The van der Waals surface area contributed by atoms with Crippen molar-refractivity contribution in [2.45, 2.75) is 360 Å². The molecule has 0 aliphatic carbocycles. The summed E-state index contributed by atoms with van der Waals surface area (Å²) >= 11 is 0. The maximum atomic E-state index is 12.5. The van der Waals surface area contributed by atoms with Gasteiger partial charge in [-0.25, -0.2) is 0 Å². The fourth-order valence-electron chi connectivity index (χ4n) is 10.1. The molecule has 0 spiro atoms. The molecule has 0 rings (SSSR count). The topological polar surface area (TPSA) is 95.9 Å². The lowest BCUT2D eigenvalue weighted by molar-refractivity contribution is -0.143. The molecule has 6 heteroatoms. The highest BCUT2D eigenvalue weighted by Crippen LogP contribution is 2.18. The van der Waals surface area contributed by atoms with Gasteiger partial charge in [-0.15, -0.1) is 0 Å². The van der Waals surface area contributed by atoms with Gasteiger partial charge in [0.1, 0.15) is 0 Å². The Balaban J connectivity index is 3.41. The zero-order chi connectivity index (χ0) is 53.6. The second kappa shape index (κ2) is 63.4. The average Bonchev–Trinajstić information content (AvgIpc) is 3.40. The first-order valence-electron chi connectivity index (χ1n) is 32.9. The molecule has 74 heavy (non-hydrogen) atoms. The van der Waals surface area contributed by atoms with Gasteiger partial charge in [0.2, 0.25) is 5.91 Å². The molecule has 3 N–H and O–H groups in total. The number of rotatable bonds is 61. The minimum Gasteiger partial charge on any atom is -0.466 e. The van der Waals surface area contributed by atoms with E-state index in [1.165, 1.54) is 257 Å². The molecule has 0 fully saturated rings. The van der Waals surface area contributed by atoms with Gasteiger partial charge in [-0.05, 0) is 83.5 Å². The van der Waals surface area contributed by atoms with Crippen LogP contribution < -0.4 is 5.32 Å². The van der Waals surface area contributed by atoms with Crippen LogP contribution >= 0.6 is 0 Å². The molecule has 6 nitrogen and oxygen atoms in total. The summed E-state index contributed by atoms with van der Waals surface area (Å²) < 4.78 is 5.47. The molecule has 2 unspecified atom stereocenters. The van der Waals surface area contributed by atoms with Crippen LogP contribution in [0.3, 0.4) is 0 Å². The van der Waals surface area contributed by atoms with E-state index in [1.807, 2.05) is 0 Å². The molecule has 0 saturated carbocycles. The van der Waals surface area contributed by atoms with Crippen LogP contribution in [-0.4, -0.2) is 47.4 Å². The third kappa shape index (κ3) is 59.1. The summed E-state index contributed by atoms with van der Waals surface area (Å²) in [4.78, 5) is 24.5. The van der Waals surface area contributed by atoms with E-state index in [9.17, 15) is 19.8 Å². The number of allylic oxidation sites excluding steroid dienone is 8. The predicted octanol–water partition coefficient (Wildman–Crippen LogP) is 20.9. The Bertz CT molecular complexity index is 1240. The van der Waals surface area contributed by atoms with Crippen molar-refractivity contribution < 1.29 is 24.5 Å². The van der Waals surface area contributed by atoms with E-state index in [0.29, 0.717) is 25.9 Å². The Kier molecular flexibility index (Phi) is 61.5. The first kappa shape index (κ1) is 71.8. The van der Waals surface area contributed by atoms with Crippen LogP contribution in [0.15, 0.2) is 48.6 Å². The van der Waals surface area contributed by atoms with Crippen LogP contribution in [0.1, 0.15) is 348 Å². The van der Waals surface area contributed by atoms with Crippen molar-refractivity contribution in [3.63, 3.8) is 0 Å². The van der Waals surface area contributed by atoms with E-state index in [-0.39, 0.29) is 18.5 Å². The highest BCUT2D eigenvalue weighted by molar-refractivity contribution is 5.76. The Labute approximate surface area is 461 Å². The lowest BCUT2D eigenvalue weighted by Gasteiger charge is -2.22. The standard InChI is InChI=1S/C68H127NO5/c1-3-5-7-9-11-13-15-17-33-37-40-44-48-52-56-60-66(71)65(64-70)69-67(72)61-57-53-49-45-41-38-34-31-29-27-25-23-21-19-18-20-22-24-26-28-30-32-35-39-43-47-51-55-59-63-74-68(73)62-58-54-50-46-42-36-16-14-12-10-8-6-4-2/h8,10,14,16,18,20,24,26,65-66,70-71H,3-7,9,11-13,15,17,19,21-23,25,27-64H2,1-2H3,(H,69,72)/b10-8-,16-14-,20-18-,26-24-. The Hall–Kier alpha value is -2.18. The van der Waals surface area contributed by atoms with Crippen LogP contribution in [0, 0.1) is 0 Å². The maximum absolute atomic E-state index is 12.5. The second-order valence-corrected chi connectivity index (χ2v) is 22.4. The summed E-state index contributed by atoms with van der Waals surface area (Å²) in [5.41, 5.74) is 0. The Morgan fingerprint density at radius 3 is 1.08 bits per heavy atom. The number of ether oxygens (including phenoxy) is 1. The number of nitrogens with one attached hydrogen (secondary N) is 1. The van der Waals surface area contributed by atoms with Crippen molar-refractivity contribution >= 4 is 11.9 Å². The smallest absolute Gasteiger partial charge is 0.305 e. The van der Waals surface area contributed by atoms with Crippen molar-refractivity contribution in [3.05, 3.63) is 48.6 Å². The number of carbonyl (C=O) groups excluding carboxylic acids is 2.